The summed E-state index contributed by atoms with van der Waals surface area (Å²) >= 11 is -0.530. The molecule has 3 aromatic carbocycles. The third kappa shape index (κ3) is 5.55. The van der Waals surface area contributed by atoms with Gasteiger partial charge in [-0.15, -0.1) is 0 Å². The van der Waals surface area contributed by atoms with Crippen LogP contribution in [0.3, 0.4) is 0 Å². The molecule has 5 aromatic rings. The summed E-state index contributed by atoms with van der Waals surface area (Å²) in [5, 5.41) is 2.08. The number of halogens is 4. The minimum atomic E-state index is -6.09. The Morgan fingerprint density at radius 3 is 2.06 bits per heavy atom. The first-order valence-electron chi connectivity index (χ1n) is 9.59. The Morgan fingerprint density at radius 1 is 0.743 bits per heavy atom. The maximum Gasteiger partial charge on any atom is 0.485 e. The Morgan fingerprint density at radius 2 is 1.34 bits per heavy atom. The number of fused-ring (bicyclic) bond motifs is 3. The molecule has 0 spiro atoms. The van der Waals surface area contributed by atoms with Crippen molar-refractivity contribution in [3.05, 3.63) is 101 Å². The minimum Gasteiger partial charge on any atom is -0.741 e. The molecule has 0 N–H and O–H groups in total. The van der Waals surface area contributed by atoms with Crippen molar-refractivity contribution in [2.24, 2.45) is 0 Å². The van der Waals surface area contributed by atoms with Crippen LogP contribution in [-0.2, 0) is 10.1 Å². The summed E-state index contributed by atoms with van der Waals surface area (Å²) in [6, 6.07) is 22.2. The predicted octanol–water partition coefficient (Wildman–Crippen LogP) is 1.23. The van der Waals surface area contributed by atoms with E-state index >= 15 is 0 Å². The first-order chi connectivity index (χ1) is 16.4. The molecule has 12 heteroatoms. The molecule has 2 aromatic heterocycles. The number of para-hydroxylation sites is 1. The van der Waals surface area contributed by atoms with Gasteiger partial charge in [0, 0.05) is 23.6 Å². The van der Waals surface area contributed by atoms with Gasteiger partial charge in [-0.1, -0.05) is 12.1 Å². The third-order valence-corrected chi connectivity index (χ3v) is 7.78. The lowest BCUT2D eigenvalue weighted by molar-refractivity contribution is -0.597. The molecule has 7 nitrogen and oxygen atoms in total. The van der Waals surface area contributed by atoms with Crippen molar-refractivity contribution < 1.29 is 56.2 Å². The number of benzene rings is 3. The fourth-order valence-corrected chi connectivity index (χ4v) is 5.40. The highest BCUT2D eigenvalue weighted by Crippen LogP contribution is 2.20. The minimum absolute atomic E-state index is 0.0118. The topological polar surface area (TPSA) is 118 Å². The second kappa shape index (κ2) is 9.43. The number of hydrogen-bond acceptors (Lipinski definition) is 7. The maximum atomic E-state index is 12.8. The second-order valence-electron chi connectivity index (χ2n) is 7.00. The van der Waals surface area contributed by atoms with Crippen molar-refractivity contribution in [1.29, 1.82) is 0 Å². The van der Waals surface area contributed by atoms with Gasteiger partial charge in [-0.25, -0.2) is 13.2 Å². The van der Waals surface area contributed by atoms with Gasteiger partial charge in [0.15, 0.2) is 17.3 Å². The monoisotopic (exact) mass is 616 g/mol. The predicted molar refractivity (Wildman–Crippen MR) is 116 cm³/mol. The summed E-state index contributed by atoms with van der Waals surface area (Å²) in [6.07, 6.45) is 0. The lowest BCUT2D eigenvalue weighted by atomic mass is 10.1. The number of rotatable bonds is 2. The van der Waals surface area contributed by atoms with E-state index in [4.69, 9.17) is 21.8 Å². The number of alkyl halides is 3. The molecule has 0 amide bonds. The molecule has 0 saturated heterocycles. The van der Waals surface area contributed by atoms with Crippen LogP contribution < -0.4 is 32.3 Å². The van der Waals surface area contributed by atoms with Gasteiger partial charge in [0.2, 0.25) is 5.43 Å². The van der Waals surface area contributed by atoms with Crippen LogP contribution in [-0.4, -0.2) is 18.5 Å². The zero-order chi connectivity index (χ0) is 25.4. The summed E-state index contributed by atoms with van der Waals surface area (Å²) in [5.41, 5.74) is -4.23. The van der Waals surface area contributed by atoms with Crippen molar-refractivity contribution in [1.82, 2.24) is 0 Å². The van der Waals surface area contributed by atoms with E-state index in [0.29, 0.717) is 27.5 Å². The van der Waals surface area contributed by atoms with Crippen LogP contribution in [0.25, 0.3) is 32.9 Å². The molecular weight excluding hydrogens is 604 g/mol. The van der Waals surface area contributed by atoms with E-state index in [2.05, 4.69) is 0 Å². The average Bonchev–Trinajstić information content (AvgIpc) is 2.78. The first kappa shape index (κ1) is 24.9. The summed E-state index contributed by atoms with van der Waals surface area (Å²) in [7, 11) is -6.09. The van der Waals surface area contributed by atoms with Crippen molar-refractivity contribution in [2.75, 3.05) is 0 Å². The molecule has 35 heavy (non-hydrogen) atoms. The highest BCUT2D eigenvalue weighted by atomic mass is 127. The zero-order valence-electron chi connectivity index (χ0n) is 17.2. The quantitative estimate of drug-likeness (QED) is 0.0964. The Balaban J connectivity index is 0.000000314. The van der Waals surface area contributed by atoms with Gasteiger partial charge in [-0.2, -0.15) is 13.2 Å². The highest BCUT2D eigenvalue weighted by molar-refractivity contribution is 7.86. The molecule has 2 heterocycles. The highest BCUT2D eigenvalue weighted by Gasteiger charge is 2.36. The zero-order valence-corrected chi connectivity index (χ0v) is 20.2. The normalized spacial score (nSPS) is 12.0. The molecule has 0 aliphatic heterocycles. The third-order valence-electron chi connectivity index (χ3n) is 4.62. The van der Waals surface area contributed by atoms with E-state index in [1.807, 2.05) is 48.5 Å². The molecule has 0 aliphatic carbocycles. The maximum absolute atomic E-state index is 12.8. The summed E-state index contributed by atoms with van der Waals surface area (Å²) < 4.78 is 72.3. The van der Waals surface area contributed by atoms with E-state index in [1.165, 1.54) is 6.07 Å². The standard InChI is InChI=1S/C22H12IO4.CHF3O3S/c24-21-10-6-13-5-7-15(12-20(13)27-21)23-14-8-9-19-17(11-14)22(25)16-3-1-2-4-18(16)26-19;2-1(3,4)8(5,6)7/h1-12H;(H,5,6,7)/q+1;/p-1. The van der Waals surface area contributed by atoms with Gasteiger partial charge in [0.1, 0.15) is 16.7 Å². The smallest absolute Gasteiger partial charge is 0.485 e. The lowest BCUT2D eigenvalue weighted by Crippen LogP contribution is -3.61. The van der Waals surface area contributed by atoms with Gasteiger partial charge in [-0.3, -0.25) is 4.79 Å². The second-order valence-corrected chi connectivity index (χ2v) is 11.4. The van der Waals surface area contributed by atoms with Crippen molar-refractivity contribution in [2.45, 2.75) is 5.51 Å². The Labute approximate surface area is 204 Å². The van der Waals surface area contributed by atoms with Crippen LogP contribution >= 0.6 is 0 Å². The largest absolute Gasteiger partial charge is 0.741 e. The first-order valence-corrected chi connectivity index (χ1v) is 13.2. The summed E-state index contributed by atoms with van der Waals surface area (Å²) in [6.45, 7) is 0. The fraction of sp³-hybridized carbons (Fsp3) is 0.0435. The average molecular weight is 616 g/mol. The molecular formula is C23H12F3IO7S. The molecule has 0 radical (unpaired) electrons. The van der Waals surface area contributed by atoms with E-state index in [9.17, 15) is 22.8 Å². The van der Waals surface area contributed by atoms with Crippen LogP contribution in [0.4, 0.5) is 13.2 Å². The molecule has 0 bridgehead atoms. The Kier molecular flexibility index (Phi) is 6.71. The molecule has 180 valence electrons. The number of hydrogen-bond donors (Lipinski definition) is 0. The lowest BCUT2D eigenvalue weighted by Gasteiger charge is -2.08. The molecule has 0 saturated carbocycles. The van der Waals surface area contributed by atoms with Gasteiger partial charge in [0.25, 0.3) is 0 Å². The van der Waals surface area contributed by atoms with Gasteiger partial charge in [0.05, 0.1) is 10.8 Å². The van der Waals surface area contributed by atoms with Crippen molar-refractivity contribution in [3.8, 4) is 0 Å². The van der Waals surface area contributed by atoms with Crippen LogP contribution in [0.15, 0.2) is 91.2 Å². The van der Waals surface area contributed by atoms with E-state index < -0.39 is 36.8 Å². The van der Waals surface area contributed by atoms with Crippen LogP contribution in [0.5, 0.6) is 0 Å². The van der Waals surface area contributed by atoms with Crippen LogP contribution in [0.1, 0.15) is 0 Å². The summed E-state index contributed by atoms with van der Waals surface area (Å²) in [5.74, 6) is 0. The van der Waals surface area contributed by atoms with Crippen molar-refractivity contribution >= 4 is 43.0 Å². The molecule has 0 aliphatic rings. The Bertz CT molecular complexity index is 1790. The van der Waals surface area contributed by atoms with Crippen LogP contribution in [0, 0.1) is 7.14 Å². The molecule has 0 unspecified atom stereocenters. The SMILES string of the molecule is O=S(=O)([O-])C(F)(F)F.O=c1ccc2ccc([I+]c3ccc4oc5ccccc5c(=O)c4c3)cc2o1. The van der Waals surface area contributed by atoms with E-state index in [0.717, 1.165) is 12.5 Å². The molecule has 0 fully saturated rings. The van der Waals surface area contributed by atoms with Gasteiger partial charge in [-0.05, 0) is 42.5 Å². The van der Waals surface area contributed by atoms with E-state index in [1.54, 1.807) is 18.2 Å². The van der Waals surface area contributed by atoms with E-state index in [-0.39, 0.29) is 11.1 Å². The van der Waals surface area contributed by atoms with Gasteiger partial charge >= 0.3 is 32.3 Å². The van der Waals surface area contributed by atoms with Crippen LogP contribution in [0.2, 0.25) is 0 Å². The summed E-state index contributed by atoms with van der Waals surface area (Å²) in [4.78, 5) is 24.2. The molecule has 0 atom stereocenters. The van der Waals surface area contributed by atoms with Gasteiger partial charge < -0.3 is 13.4 Å². The molecule has 5 rings (SSSR count). The Hall–Kier alpha value is -3.23. The fourth-order valence-electron chi connectivity index (χ4n) is 3.05. The van der Waals surface area contributed by atoms with Crippen molar-refractivity contribution in [3.63, 3.8) is 0 Å².